The number of carboxylic acids is 3. The predicted octanol–water partition coefficient (Wildman–Crippen LogP) is 7.26. The maximum absolute atomic E-state index is 13.5. The Hall–Kier alpha value is -10.2. The van der Waals surface area contributed by atoms with Gasteiger partial charge in [0.25, 0.3) is 37.8 Å². The lowest BCUT2D eigenvalue weighted by atomic mass is 9.89. The first-order valence-electron chi connectivity index (χ1n) is 31.8. The Balaban J connectivity index is 0.000000189. The Morgan fingerprint density at radius 3 is 1.24 bits per heavy atom. The molecule has 6 heterocycles. The minimum absolute atomic E-state index is 0.0231. The standard InChI is InChI=1S/C35H35N7O6S3Si.C25H26N2O4SSi.C10H11N5O3S2/c1-41(2)21-11-13-23-27(15-21)52(5,6)28-16-22(42(3)4)12-14-24(28)29(23)25-17-26(49-30(25)33(45)46)32(44)37-18-19-7-9-20(10-8-19)31(43)38-34-39-40-35(50-34)51(36,47)48;1-26(2)14-7-9-16-20(11-14)33(5,6)21-12-15(27(3)4)8-10-17(21)22(16)18-13-19(24(28)29)32-23(18)25(30)31;11-5-6-1-3-7(4-2-6)8(16)13-9-14-15-10(19-9)20(12,17)18/h7-17H,18H2,1-6H3,(H4-,36,37,38,39,43,44,45,46,47,48);7-13H,1-6H3,(H-,28,29,30,31);1-4H,5,11H2,(H2,12,17,18)(H,13,14,16)/p+2. The first kappa shape index (κ1) is 77.4. The van der Waals surface area contributed by atoms with E-state index in [0.717, 1.165) is 84.5 Å². The number of benzene rings is 4. The molecule has 12 N–H and O–H groups in total. The molecule has 0 unspecified atom stereocenters. The van der Waals surface area contributed by atoms with Crippen molar-refractivity contribution in [1.82, 2.24) is 25.7 Å². The van der Waals surface area contributed by atoms with Crippen LogP contribution in [0.4, 0.5) is 21.6 Å². The second kappa shape index (κ2) is 30.5. The van der Waals surface area contributed by atoms with E-state index in [1.54, 1.807) is 54.6 Å². The molecular formula is C70H74N14O13S6Si2+2. The van der Waals surface area contributed by atoms with Crippen LogP contribution in [-0.4, -0.2) is 181 Å². The molecule has 2 aliphatic carbocycles. The number of hydrogen-bond donors (Lipinski definition) is 9. The van der Waals surface area contributed by atoms with Gasteiger partial charge in [-0.3, -0.25) is 25.0 Å². The van der Waals surface area contributed by atoms with Crippen molar-refractivity contribution in [2.24, 2.45) is 16.0 Å². The number of aromatic nitrogens is 4. The van der Waals surface area contributed by atoms with Gasteiger partial charge >= 0.3 is 17.9 Å². The molecule has 4 aromatic heterocycles. The van der Waals surface area contributed by atoms with E-state index in [-0.39, 0.29) is 46.2 Å². The second-order valence-electron chi connectivity index (χ2n) is 26.1. The van der Waals surface area contributed by atoms with Crippen LogP contribution in [0, 0.1) is 0 Å². The highest BCUT2D eigenvalue weighted by Gasteiger charge is 2.44. The van der Waals surface area contributed by atoms with Crippen LogP contribution < -0.4 is 52.1 Å². The number of anilines is 4. The normalized spacial score (nSPS) is 14.5. The van der Waals surface area contributed by atoms with Crippen molar-refractivity contribution in [2.45, 2.75) is 48.0 Å². The summed E-state index contributed by atoms with van der Waals surface area (Å²) in [6, 6.07) is 28.9. The monoisotopic (exact) mass is 1570 g/mol. The molecule has 8 aromatic rings. The molecule has 0 saturated heterocycles. The highest BCUT2D eigenvalue weighted by Crippen LogP contribution is 2.47. The van der Waals surface area contributed by atoms with E-state index in [4.69, 9.17) is 16.0 Å². The maximum atomic E-state index is 13.5. The van der Waals surface area contributed by atoms with Crippen LogP contribution in [0.15, 0.2) is 164 Å². The van der Waals surface area contributed by atoms with Crippen LogP contribution in [-0.2, 0) is 33.1 Å². The van der Waals surface area contributed by atoms with Crippen molar-refractivity contribution in [3.63, 3.8) is 0 Å². The number of nitrogens with one attached hydrogen (secondary N) is 3. The number of carbonyl (C=O) groups is 6. The largest absolute Gasteiger partial charge is 0.477 e. The van der Waals surface area contributed by atoms with Crippen LogP contribution in [0.1, 0.15) is 92.8 Å². The quantitative estimate of drug-likeness (QED) is 0.0246. The predicted molar refractivity (Wildman–Crippen MR) is 416 cm³/mol. The smallest absolute Gasteiger partial charge is 0.346 e. The van der Waals surface area contributed by atoms with Crippen molar-refractivity contribution < 1.29 is 70.1 Å². The average Bonchev–Trinajstić information content (AvgIpc) is 1.66. The molecule has 0 radical (unpaired) electrons. The number of allylic oxidation sites excluding steroid dienone is 10. The molecular weight excluding hydrogens is 1490 g/mol. The number of amides is 3. The number of rotatable bonds is 17. The molecule has 544 valence electrons. The number of aromatic carboxylic acids is 3. The summed E-state index contributed by atoms with van der Waals surface area (Å²) in [7, 11) is 3.63. The molecule has 0 bridgehead atoms. The maximum Gasteiger partial charge on any atom is 0.346 e. The van der Waals surface area contributed by atoms with Gasteiger partial charge in [-0.25, -0.2) is 50.6 Å². The topological polar surface area (TPSA) is 410 Å². The molecule has 27 nitrogen and oxygen atoms in total. The van der Waals surface area contributed by atoms with Gasteiger partial charge in [-0.2, -0.15) is 0 Å². The van der Waals surface area contributed by atoms with Crippen LogP contribution in [0.2, 0.25) is 26.2 Å². The lowest BCUT2D eigenvalue weighted by Crippen LogP contribution is -2.49. The van der Waals surface area contributed by atoms with Crippen LogP contribution >= 0.6 is 45.3 Å². The Morgan fingerprint density at radius 2 is 0.886 bits per heavy atom. The molecule has 105 heavy (non-hydrogen) atoms. The van der Waals surface area contributed by atoms with Crippen LogP contribution in [0.3, 0.4) is 0 Å². The van der Waals surface area contributed by atoms with Gasteiger partial charge in [-0.1, -0.05) is 85.3 Å². The Labute approximate surface area is 623 Å². The summed E-state index contributed by atoms with van der Waals surface area (Å²) >= 11 is 3.06. The number of carboxylic acid groups (broad SMARTS) is 3. The van der Waals surface area contributed by atoms with E-state index in [2.05, 4.69) is 130 Å². The number of hydrogen-bond acceptors (Lipinski definition) is 21. The van der Waals surface area contributed by atoms with E-state index in [1.807, 2.05) is 80.7 Å². The number of sulfonamides is 2. The minimum atomic E-state index is -4.04. The third-order valence-corrected chi connectivity index (χ3v) is 31.1. The van der Waals surface area contributed by atoms with Crippen LogP contribution in [0.5, 0.6) is 0 Å². The van der Waals surface area contributed by atoms with Gasteiger partial charge in [-0.15, -0.1) is 43.1 Å². The fraction of sp³-hybridized carbons (Fsp3) is 0.200. The van der Waals surface area contributed by atoms with Crippen molar-refractivity contribution in [2.75, 3.05) is 76.8 Å². The number of primary sulfonamides is 2. The summed E-state index contributed by atoms with van der Waals surface area (Å²) in [6.45, 7) is 9.76. The van der Waals surface area contributed by atoms with Gasteiger partial charge in [0.05, 0.1) is 4.88 Å². The highest BCUT2D eigenvalue weighted by atomic mass is 32.3. The summed E-state index contributed by atoms with van der Waals surface area (Å²) in [5.74, 6) is -4.74. The zero-order valence-corrected chi connectivity index (χ0v) is 65.7. The highest BCUT2D eigenvalue weighted by molar-refractivity contribution is 7.91. The number of nitrogens with zero attached hydrogens (tertiary/aromatic N) is 8. The Bertz CT molecular complexity index is 5460. The Kier molecular flexibility index (Phi) is 22.5. The number of fused-ring (bicyclic) bond motifs is 4. The lowest BCUT2D eigenvalue weighted by Gasteiger charge is -2.38. The molecule has 0 saturated carbocycles. The molecule has 12 rings (SSSR count). The van der Waals surface area contributed by atoms with Gasteiger partial charge in [0.15, 0.2) is 11.4 Å². The Morgan fingerprint density at radius 1 is 0.495 bits per heavy atom. The zero-order valence-electron chi connectivity index (χ0n) is 58.8. The van der Waals surface area contributed by atoms with Crippen molar-refractivity contribution in [1.29, 1.82) is 0 Å². The second-order valence-corrected chi connectivity index (χ2v) is 42.3. The van der Waals surface area contributed by atoms with E-state index in [0.29, 0.717) is 51.5 Å². The van der Waals surface area contributed by atoms with E-state index in [9.17, 15) is 60.9 Å². The number of carbonyl (C=O) groups excluding carboxylic acids is 3. The van der Waals surface area contributed by atoms with Gasteiger partial charge in [-0.05, 0) is 138 Å². The summed E-state index contributed by atoms with van der Waals surface area (Å²) in [4.78, 5) is 79.2. The van der Waals surface area contributed by atoms with Gasteiger partial charge in [0, 0.05) is 99.2 Å². The minimum Gasteiger partial charge on any atom is -0.477 e. The zero-order chi connectivity index (χ0) is 76.7. The van der Waals surface area contributed by atoms with Crippen molar-refractivity contribution in [3.8, 4) is 0 Å². The molecule has 35 heteroatoms. The summed E-state index contributed by atoms with van der Waals surface area (Å²) in [5, 5.41) is 66.5. The molecule has 4 aromatic carbocycles. The summed E-state index contributed by atoms with van der Waals surface area (Å²) < 4.78 is 48.3. The van der Waals surface area contributed by atoms with Gasteiger partial charge in [0.2, 0.25) is 18.9 Å². The molecule has 0 atom stereocenters. The van der Waals surface area contributed by atoms with E-state index in [1.165, 1.54) is 26.8 Å². The SMILES string of the molecule is CN(C)c1ccc2c(c1)[Si](C)(C)C1=CC(=[N+](C)C)C=CC1=C2c1cc(C(=O)NCc2ccc(C(=O)Nc3nnc(S(N)(=O)=O)s3)cc2)sc1C(=O)O.CN(C)c1ccc2c(c1)[Si](C)(C)C1=CC(=[N+](C)C)C=CC1=C2c1cc(C(=O)O)sc1C(=O)O.NCc1ccc(C(=O)Nc2nnc(S(N)(=O)=O)s2)cc1. The summed E-state index contributed by atoms with van der Waals surface area (Å²) in [5.41, 5.74) is 18.4. The first-order chi connectivity index (χ1) is 49.3. The third-order valence-electron chi connectivity index (χ3n) is 17.5. The average molecular weight is 1570 g/mol. The van der Waals surface area contributed by atoms with Gasteiger partial charge in [0.1, 0.15) is 59.0 Å². The van der Waals surface area contributed by atoms with Crippen LogP contribution in [0.25, 0.3) is 11.1 Å². The van der Waals surface area contributed by atoms with Gasteiger partial charge < -0.3 is 36.2 Å². The van der Waals surface area contributed by atoms with Crippen molar-refractivity contribution >= 4 is 172 Å². The number of thiophene rings is 2. The third kappa shape index (κ3) is 16.5. The molecule has 4 aliphatic rings. The van der Waals surface area contributed by atoms with Crippen molar-refractivity contribution in [3.05, 3.63) is 219 Å². The summed E-state index contributed by atoms with van der Waals surface area (Å²) in [6.07, 6.45) is 12.6. The fourth-order valence-corrected chi connectivity index (χ4v) is 22.5. The van der Waals surface area contributed by atoms with E-state index >= 15 is 0 Å². The molecule has 3 amide bonds. The number of nitrogens with two attached hydrogens (primary N) is 3. The molecule has 0 fully saturated rings. The van der Waals surface area contributed by atoms with E-state index < -0.39 is 76.2 Å². The molecule has 0 spiro atoms. The first-order valence-corrected chi connectivity index (χ1v) is 44.2. The molecule has 2 aliphatic heterocycles. The lowest BCUT2D eigenvalue weighted by molar-refractivity contribution is -0.462. The fourth-order valence-electron chi connectivity index (χ4n) is 12.0.